The first-order valence-electron chi connectivity index (χ1n) is 7.51. The van der Waals surface area contributed by atoms with E-state index in [1.165, 1.54) is 23.0 Å². The fourth-order valence-corrected chi connectivity index (χ4v) is 2.31. The van der Waals surface area contributed by atoms with Gasteiger partial charge in [-0.15, -0.1) is 0 Å². The van der Waals surface area contributed by atoms with E-state index in [1.807, 2.05) is 0 Å². The van der Waals surface area contributed by atoms with Gasteiger partial charge in [0.15, 0.2) is 0 Å². The molecular formula is C18H14FN5O. The normalized spacial score (nSPS) is 11.1. The van der Waals surface area contributed by atoms with E-state index in [1.54, 1.807) is 32.2 Å². The summed E-state index contributed by atoms with van der Waals surface area (Å²) in [5.74, 6) is -0.0975. The minimum Gasteiger partial charge on any atom is -0.490 e. The molecule has 0 aliphatic carbocycles. The van der Waals surface area contributed by atoms with Gasteiger partial charge < -0.3 is 4.74 Å². The molecule has 0 unspecified atom stereocenters. The number of ether oxygens (including phenoxy) is 1. The van der Waals surface area contributed by atoms with Gasteiger partial charge in [-0.2, -0.15) is 20.0 Å². The summed E-state index contributed by atoms with van der Waals surface area (Å²) in [6.45, 7) is 3.75. The Morgan fingerprint density at radius 1 is 1.28 bits per heavy atom. The van der Waals surface area contributed by atoms with Crippen molar-refractivity contribution in [2.45, 2.75) is 13.8 Å². The van der Waals surface area contributed by atoms with Crippen molar-refractivity contribution >= 4 is 5.52 Å². The highest BCUT2D eigenvalue weighted by molar-refractivity contribution is 5.84. The van der Waals surface area contributed by atoms with Crippen LogP contribution in [0.4, 0.5) is 4.39 Å². The van der Waals surface area contributed by atoms with E-state index >= 15 is 0 Å². The second-order valence-electron chi connectivity index (χ2n) is 6.21. The predicted molar refractivity (Wildman–Crippen MR) is 88.0 cm³/mol. The van der Waals surface area contributed by atoms with Crippen LogP contribution in [0.3, 0.4) is 0 Å². The van der Waals surface area contributed by atoms with Crippen molar-refractivity contribution < 1.29 is 9.13 Å². The van der Waals surface area contributed by atoms with Gasteiger partial charge in [-0.3, -0.25) is 0 Å². The number of halogens is 1. The van der Waals surface area contributed by atoms with Gasteiger partial charge in [-0.1, -0.05) is 0 Å². The molecule has 3 aromatic heterocycles. The second-order valence-corrected chi connectivity index (χ2v) is 6.21. The summed E-state index contributed by atoms with van der Waals surface area (Å²) < 4.78 is 20.4. The largest absolute Gasteiger partial charge is 0.490 e. The topological polar surface area (TPSA) is 87.0 Å². The smallest absolute Gasteiger partial charge is 0.212 e. The quantitative estimate of drug-likeness (QED) is 0.682. The van der Waals surface area contributed by atoms with Crippen LogP contribution in [0.15, 0.2) is 36.8 Å². The molecule has 0 saturated heterocycles. The first-order chi connectivity index (χ1) is 11.9. The standard InChI is InChI=1S/C18H14FN5O/c1-18(2,10-21)11-25-14-5-15(12-3-4-16(19)22-7-12)17-13(6-20)8-23-24(17)9-14/h3-5,7-9H,11H2,1-2H3. The van der Waals surface area contributed by atoms with Crippen molar-refractivity contribution in [3.63, 3.8) is 0 Å². The third kappa shape index (κ3) is 3.26. The van der Waals surface area contributed by atoms with Gasteiger partial charge in [0.2, 0.25) is 5.95 Å². The molecule has 6 nitrogen and oxygen atoms in total. The van der Waals surface area contributed by atoms with E-state index < -0.39 is 11.4 Å². The van der Waals surface area contributed by atoms with Crippen LogP contribution in [0.2, 0.25) is 0 Å². The Bertz CT molecular complexity index is 1010. The van der Waals surface area contributed by atoms with E-state index in [0.29, 0.717) is 28.0 Å². The van der Waals surface area contributed by atoms with Crippen LogP contribution < -0.4 is 4.74 Å². The number of nitriles is 2. The molecule has 124 valence electrons. The number of aromatic nitrogens is 3. The van der Waals surface area contributed by atoms with Gasteiger partial charge in [-0.05, 0) is 32.0 Å². The third-order valence-electron chi connectivity index (χ3n) is 3.65. The highest BCUT2D eigenvalue weighted by atomic mass is 19.1. The number of pyridine rings is 2. The first-order valence-corrected chi connectivity index (χ1v) is 7.51. The Morgan fingerprint density at radius 3 is 2.72 bits per heavy atom. The molecule has 25 heavy (non-hydrogen) atoms. The fourth-order valence-electron chi connectivity index (χ4n) is 2.31. The van der Waals surface area contributed by atoms with Crippen molar-refractivity contribution in [3.05, 3.63) is 48.3 Å². The summed E-state index contributed by atoms with van der Waals surface area (Å²) in [4.78, 5) is 3.67. The number of hydrogen-bond acceptors (Lipinski definition) is 5. The van der Waals surface area contributed by atoms with Crippen LogP contribution in [0.1, 0.15) is 19.4 Å². The van der Waals surface area contributed by atoms with E-state index in [4.69, 9.17) is 10.00 Å². The lowest BCUT2D eigenvalue weighted by molar-refractivity contribution is 0.226. The molecule has 0 aromatic carbocycles. The molecule has 3 rings (SSSR count). The summed E-state index contributed by atoms with van der Waals surface area (Å²) >= 11 is 0. The van der Waals surface area contributed by atoms with Gasteiger partial charge in [0.05, 0.1) is 35.0 Å². The molecule has 0 atom stereocenters. The van der Waals surface area contributed by atoms with E-state index in [-0.39, 0.29) is 6.61 Å². The van der Waals surface area contributed by atoms with Crippen LogP contribution in [-0.4, -0.2) is 21.2 Å². The Balaban J connectivity index is 2.12. The maximum Gasteiger partial charge on any atom is 0.212 e. The van der Waals surface area contributed by atoms with Crippen LogP contribution in [-0.2, 0) is 0 Å². The number of rotatable bonds is 4. The monoisotopic (exact) mass is 335 g/mol. The van der Waals surface area contributed by atoms with Crippen molar-refractivity contribution in [2.75, 3.05) is 6.61 Å². The Hall–Kier alpha value is -3.45. The van der Waals surface area contributed by atoms with E-state index in [2.05, 4.69) is 22.2 Å². The number of fused-ring (bicyclic) bond motifs is 1. The van der Waals surface area contributed by atoms with Crippen molar-refractivity contribution in [1.82, 2.24) is 14.6 Å². The highest BCUT2D eigenvalue weighted by Gasteiger charge is 2.19. The third-order valence-corrected chi connectivity index (χ3v) is 3.65. The van der Waals surface area contributed by atoms with E-state index in [9.17, 15) is 9.65 Å². The second kappa shape index (κ2) is 6.21. The number of hydrogen-bond donors (Lipinski definition) is 0. The maximum atomic E-state index is 13.1. The lowest BCUT2D eigenvalue weighted by Gasteiger charge is -2.17. The highest BCUT2D eigenvalue weighted by Crippen LogP contribution is 2.31. The van der Waals surface area contributed by atoms with E-state index in [0.717, 1.165) is 0 Å². The molecule has 0 radical (unpaired) electrons. The lowest BCUT2D eigenvalue weighted by Crippen LogP contribution is -2.19. The minimum atomic E-state index is -0.644. The van der Waals surface area contributed by atoms with Gasteiger partial charge in [0.25, 0.3) is 0 Å². The number of nitrogens with zero attached hydrogens (tertiary/aromatic N) is 5. The summed E-state index contributed by atoms with van der Waals surface area (Å²) in [6, 6.07) is 8.83. The molecule has 0 aliphatic rings. The maximum absolute atomic E-state index is 13.1. The molecule has 0 saturated carbocycles. The van der Waals surface area contributed by atoms with Crippen molar-refractivity contribution in [1.29, 1.82) is 10.5 Å². The average molecular weight is 335 g/mol. The van der Waals surface area contributed by atoms with Crippen molar-refractivity contribution in [2.24, 2.45) is 5.41 Å². The zero-order chi connectivity index (χ0) is 18.0. The molecule has 3 aromatic rings. The molecule has 0 spiro atoms. The first kappa shape index (κ1) is 16.4. The van der Waals surface area contributed by atoms with Gasteiger partial charge >= 0.3 is 0 Å². The molecule has 3 heterocycles. The fraction of sp³-hybridized carbons (Fsp3) is 0.222. The van der Waals surface area contributed by atoms with Crippen LogP contribution in [0.25, 0.3) is 16.6 Å². The lowest BCUT2D eigenvalue weighted by atomic mass is 9.98. The SMILES string of the molecule is CC(C)(C#N)COc1cc(-c2ccc(F)nc2)c2c(C#N)cnn2c1. The zero-order valence-corrected chi connectivity index (χ0v) is 13.7. The Labute approximate surface area is 143 Å². The van der Waals surface area contributed by atoms with Gasteiger partial charge in [0, 0.05) is 17.3 Å². The predicted octanol–water partition coefficient (Wildman–Crippen LogP) is 3.34. The van der Waals surface area contributed by atoms with Crippen molar-refractivity contribution in [3.8, 4) is 29.0 Å². The molecule has 0 fully saturated rings. The molecule has 7 heteroatoms. The summed E-state index contributed by atoms with van der Waals surface area (Å²) in [6.07, 6.45) is 4.49. The minimum absolute atomic E-state index is 0.197. The van der Waals surface area contributed by atoms with Crippen LogP contribution >= 0.6 is 0 Å². The summed E-state index contributed by atoms with van der Waals surface area (Å²) in [5.41, 5.74) is 1.61. The van der Waals surface area contributed by atoms with Crippen LogP contribution in [0.5, 0.6) is 5.75 Å². The summed E-state index contributed by atoms with van der Waals surface area (Å²) in [7, 11) is 0. The van der Waals surface area contributed by atoms with Gasteiger partial charge in [0.1, 0.15) is 18.4 Å². The van der Waals surface area contributed by atoms with Gasteiger partial charge in [-0.25, -0.2) is 9.50 Å². The molecule has 0 aliphatic heterocycles. The Morgan fingerprint density at radius 2 is 2.08 bits per heavy atom. The molecule has 0 N–H and O–H groups in total. The Kier molecular flexibility index (Phi) is 4.08. The zero-order valence-electron chi connectivity index (χ0n) is 13.7. The van der Waals surface area contributed by atoms with Crippen LogP contribution in [0, 0.1) is 34.0 Å². The molecule has 0 amide bonds. The molecular weight excluding hydrogens is 321 g/mol. The average Bonchev–Trinajstić information content (AvgIpc) is 3.03. The summed E-state index contributed by atoms with van der Waals surface area (Å²) in [5, 5.41) is 22.6. The molecule has 0 bridgehead atoms.